The molecule has 4 heteroatoms. The van der Waals surface area contributed by atoms with Gasteiger partial charge in [0.25, 0.3) is 6.01 Å². The van der Waals surface area contributed by atoms with Crippen LogP contribution in [0, 0.1) is 13.8 Å². The first-order chi connectivity index (χ1) is 8.11. The van der Waals surface area contributed by atoms with Crippen LogP contribution >= 0.6 is 0 Å². The van der Waals surface area contributed by atoms with Gasteiger partial charge in [-0.1, -0.05) is 0 Å². The molecule has 1 heterocycles. The normalized spacial score (nSPS) is 10.5. The molecule has 0 spiro atoms. The molecule has 0 aliphatic heterocycles. The Morgan fingerprint density at radius 1 is 1.35 bits per heavy atom. The quantitative estimate of drug-likeness (QED) is 0.883. The highest BCUT2D eigenvalue weighted by atomic mass is 16.5. The second-order valence-corrected chi connectivity index (χ2v) is 3.88. The first-order valence-corrected chi connectivity index (χ1v) is 5.58. The van der Waals surface area contributed by atoms with E-state index in [1.807, 2.05) is 39.0 Å². The van der Waals surface area contributed by atoms with Crippen LogP contribution < -0.4 is 10.5 Å². The van der Waals surface area contributed by atoms with Gasteiger partial charge in [0, 0.05) is 5.56 Å². The van der Waals surface area contributed by atoms with Crippen molar-refractivity contribution in [1.29, 1.82) is 0 Å². The first kappa shape index (κ1) is 11.5. The van der Waals surface area contributed by atoms with Gasteiger partial charge in [0.1, 0.15) is 5.75 Å². The number of hydrogen-bond donors (Lipinski definition) is 1. The fourth-order valence-corrected chi connectivity index (χ4v) is 1.79. The van der Waals surface area contributed by atoms with Crippen LogP contribution in [0.25, 0.3) is 11.3 Å². The molecular weight excluding hydrogens is 216 g/mol. The third kappa shape index (κ3) is 2.25. The van der Waals surface area contributed by atoms with E-state index in [2.05, 4.69) is 4.98 Å². The number of aromatic nitrogens is 1. The second-order valence-electron chi connectivity index (χ2n) is 3.88. The average Bonchev–Trinajstić information content (AvgIpc) is 2.61. The van der Waals surface area contributed by atoms with Gasteiger partial charge in [-0.25, -0.2) is 0 Å². The molecule has 1 aromatic carbocycles. The molecule has 0 saturated carbocycles. The van der Waals surface area contributed by atoms with Gasteiger partial charge in [0.15, 0.2) is 5.76 Å². The zero-order valence-electron chi connectivity index (χ0n) is 10.3. The van der Waals surface area contributed by atoms with E-state index >= 15 is 0 Å². The van der Waals surface area contributed by atoms with Gasteiger partial charge in [-0.05, 0) is 44.5 Å². The number of aryl methyl sites for hydroxylation is 2. The molecule has 1 aromatic heterocycles. The van der Waals surface area contributed by atoms with Crippen molar-refractivity contribution in [3.05, 3.63) is 29.5 Å². The minimum absolute atomic E-state index is 0.198. The molecule has 0 fully saturated rings. The molecule has 2 rings (SSSR count). The van der Waals surface area contributed by atoms with Crippen LogP contribution in [0.2, 0.25) is 0 Å². The largest absolute Gasteiger partial charge is 0.494 e. The van der Waals surface area contributed by atoms with Crippen molar-refractivity contribution >= 4 is 6.01 Å². The number of nitrogens with zero attached hydrogens (tertiary/aromatic N) is 1. The molecule has 0 amide bonds. The van der Waals surface area contributed by atoms with Crippen LogP contribution in [0.3, 0.4) is 0 Å². The molecule has 2 N–H and O–H groups in total. The lowest BCUT2D eigenvalue weighted by Crippen LogP contribution is -1.94. The molecule has 90 valence electrons. The van der Waals surface area contributed by atoms with Gasteiger partial charge < -0.3 is 14.9 Å². The monoisotopic (exact) mass is 232 g/mol. The summed E-state index contributed by atoms with van der Waals surface area (Å²) in [6.45, 7) is 6.51. The standard InChI is InChI=1S/C13H16N2O2/c1-4-16-11-6-5-10(7-8(11)2)12-9(3)15-13(14)17-12/h5-7H,4H2,1-3H3,(H2,14,15). The van der Waals surface area contributed by atoms with E-state index in [0.717, 1.165) is 22.6 Å². The van der Waals surface area contributed by atoms with Crippen molar-refractivity contribution in [2.75, 3.05) is 12.3 Å². The molecule has 0 unspecified atom stereocenters. The Bertz CT molecular complexity index is 532. The highest BCUT2D eigenvalue weighted by Gasteiger charge is 2.11. The Morgan fingerprint density at radius 2 is 2.12 bits per heavy atom. The molecule has 0 bridgehead atoms. The number of nitrogens with two attached hydrogens (primary N) is 1. The van der Waals surface area contributed by atoms with E-state index in [4.69, 9.17) is 14.9 Å². The van der Waals surface area contributed by atoms with Gasteiger partial charge in [0.05, 0.1) is 12.3 Å². The van der Waals surface area contributed by atoms with Crippen molar-refractivity contribution in [2.45, 2.75) is 20.8 Å². The number of nitrogen functional groups attached to an aromatic ring is 1. The summed E-state index contributed by atoms with van der Waals surface area (Å²) in [5.74, 6) is 1.61. The molecule has 0 saturated heterocycles. The molecule has 17 heavy (non-hydrogen) atoms. The smallest absolute Gasteiger partial charge is 0.292 e. The summed E-state index contributed by atoms with van der Waals surface area (Å²) < 4.78 is 10.9. The van der Waals surface area contributed by atoms with E-state index in [1.54, 1.807) is 0 Å². The van der Waals surface area contributed by atoms with E-state index in [1.165, 1.54) is 0 Å². The molecule has 2 aromatic rings. The van der Waals surface area contributed by atoms with E-state index < -0.39 is 0 Å². The van der Waals surface area contributed by atoms with Crippen molar-refractivity contribution in [1.82, 2.24) is 4.98 Å². The Kier molecular flexibility index (Phi) is 3.04. The van der Waals surface area contributed by atoms with Crippen molar-refractivity contribution in [3.63, 3.8) is 0 Å². The third-order valence-electron chi connectivity index (χ3n) is 2.55. The molecule has 0 atom stereocenters. The second kappa shape index (κ2) is 4.49. The zero-order chi connectivity index (χ0) is 12.4. The van der Waals surface area contributed by atoms with Gasteiger partial charge >= 0.3 is 0 Å². The number of hydrogen-bond acceptors (Lipinski definition) is 4. The maximum Gasteiger partial charge on any atom is 0.292 e. The Balaban J connectivity index is 2.41. The van der Waals surface area contributed by atoms with Crippen LogP contribution in [-0.2, 0) is 0 Å². The summed E-state index contributed by atoms with van der Waals surface area (Å²) >= 11 is 0. The average molecular weight is 232 g/mol. The molecule has 0 radical (unpaired) electrons. The summed E-state index contributed by atoms with van der Waals surface area (Å²) in [5, 5.41) is 0. The predicted octanol–water partition coefficient (Wildman–Crippen LogP) is 2.94. The highest BCUT2D eigenvalue weighted by molar-refractivity contribution is 5.63. The maximum absolute atomic E-state index is 5.53. The third-order valence-corrected chi connectivity index (χ3v) is 2.55. The minimum atomic E-state index is 0.198. The minimum Gasteiger partial charge on any atom is -0.494 e. The lowest BCUT2D eigenvalue weighted by atomic mass is 10.1. The summed E-state index contributed by atoms with van der Waals surface area (Å²) in [6, 6.07) is 6.10. The lowest BCUT2D eigenvalue weighted by molar-refractivity contribution is 0.338. The molecule has 0 aliphatic rings. The van der Waals surface area contributed by atoms with Crippen molar-refractivity contribution < 1.29 is 9.15 Å². The molecular formula is C13H16N2O2. The van der Waals surface area contributed by atoms with Crippen LogP contribution in [0.1, 0.15) is 18.2 Å². The lowest BCUT2D eigenvalue weighted by Gasteiger charge is -2.08. The van der Waals surface area contributed by atoms with Gasteiger partial charge in [0.2, 0.25) is 0 Å². The Labute approximate surface area is 100 Å². The summed E-state index contributed by atoms with van der Waals surface area (Å²) in [5.41, 5.74) is 8.36. The zero-order valence-corrected chi connectivity index (χ0v) is 10.3. The van der Waals surface area contributed by atoms with Gasteiger partial charge in [-0.2, -0.15) is 4.98 Å². The van der Waals surface area contributed by atoms with Crippen LogP contribution in [0.15, 0.2) is 22.6 Å². The summed E-state index contributed by atoms with van der Waals surface area (Å²) in [6.07, 6.45) is 0. The fourth-order valence-electron chi connectivity index (χ4n) is 1.79. The van der Waals surface area contributed by atoms with E-state index in [0.29, 0.717) is 12.4 Å². The van der Waals surface area contributed by atoms with E-state index in [-0.39, 0.29) is 6.01 Å². The maximum atomic E-state index is 5.53. The fraction of sp³-hybridized carbons (Fsp3) is 0.308. The number of anilines is 1. The van der Waals surface area contributed by atoms with Crippen LogP contribution in [0.4, 0.5) is 6.01 Å². The molecule has 0 aliphatic carbocycles. The predicted molar refractivity (Wildman–Crippen MR) is 67.0 cm³/mol. The molecule has 4 nitrogen and oxygen atoms in total. The SMILES string of the molecule is CCOc1ccc(-c2oc(N)nc2C)cc1C. The van der Waals surface area contributed by atoms with Crippen LogP contribution in [-0.4, -0.2) is 11.6 Å². The van der Waals surface area contributed by atoms with E-state index in [9.17, 15) is 0 Å². The first-order valence-electron chi connectivity index (χ1n) is 5.58. The summed E-state index contributed by atoms with van der Waals surface area (Å²) in [7, 11) is 0. The number of oxazole rings is 1. The Morgan fingerprint density at radius 3 is 2.65 bits per heavy atom. The topological polar surface area (TPSA) is 61.3 Å². The number of benzene rings is 1. The van der Waals surface area contributed by atoms with Crippen molar-refractivity contribution in [3.8, 4) is 17.1 Å². The van der Waals surface area contributed by atoms with Crippen LogP contribution in [0.5, 0.6) is 5.75 Å². The van der Waals surface area contributed by atoms with Gasteiger partial charge in [-0.3, -0.25) is 0 Å². The van der Waals surface area contributed by atoms with Gasteiger partial charge in [-0.15, -0.1) is 0 Å². The van der Waals surface area contributed by atoms with Crippen molar-refractivity contribution in [2.24, 2.45) is 0 Å². The highest BCUT2D eigenvalue weighted by Crippen LogP contribution is 2.29. The Hall–Kier alpha value is -1.97. The summed E-state index contributed by atoms with van der Waals surface area (Å²) in [4.78, 5) is 4.06. The number of ether oxygens (including phenoxy) is 1. The number of rotatable bonds is 3.